The summed E-state index contributed by atoms with van der Waals surface area (Å²) >= 11 is 6.20. The fraction of sp³-hybridized carbons (Fsp3) is 0.0714. The average molecular weight is 523 g/mol. The van der Waals surface area contributed by atoms with Gasteiger partial charge >= 0.3 is 5.63 Å². The van der Waals surface area contributed by atoms with Crippen LogP contribution in [0.1, 0.15) is 22.6 Å². The second-order valence-corrected chi connectivity index (χ2v) is 9.39. The van der Waals surface area contributed by atoms with Crippen molar-refractivity contribution < 1.29 is 18.6 Å². The van der Waals surface area contributed by atoms with Gasteiger partial charge in [-0.15, -0.1) is 5.10 Å². The Hall–Kier alpha value is -4.89. The predicted octanol–water partition coefficient (Wildman–Crippen LogP) is 5.57. The van der Waals surface area contributed by atoms with Crippen LogP contribution in [0.25, 0.3) is 28.0 Å². The van der Waals surface area contributed by atoms with Gasteiger partial charge in [0.15, 0.2) is 28.7 Å². The molecule has 1 unspecified atom stereocenters. The number of hydrogen-bond acceptors (Lipinski definition) is 8. The lowest BCUT2D eigenvalue weighted by molar-refractivity contribution is 0.174. The first-order chi connectivity index (χ1) is 18.6. The summed E-state index contributed by atoms with van der Waals surface area (Å²) in [6, 6.07) is 20.1. The molecule has 10 heteroatoms. The molecule has 2 aliphatic heterocycles. The Morgan fingerprint density at radius 1 is 0.947 bits per heavy atom. The maximum absolute atomic E-state index is 13.4. The Balaban J connectivity index is 1.40. The molecule has 0 fully saturated rings. The van der Waals surface area contributed by atoms with Gasteiger partial charge in [0.05, 0.1) is 22.4 Å². The maximum Gasteiger partial charge on any atom is 0.344 e. The van der Waals surface area contributed by atoms with Crippen molar-refractivity contribution in [3.05, 3.63) is 105 Å². The predicted molar refractivity (Wildman–Crippen MR) is 137 cm³/mol. The Morgan fingerprint density at radius 3 is 2.68 bits per heavy atom. The fourth-order valence-electron chi connectivity index (χ4n) is 5.08. The van der Waals surface area contributed by atoms with Crippen LogP contribution in [0.5, 0.6) is 23.1 Å². The van der Waals surface area contributed by atoms with Crippen molar-refractivity contribution in [3.63, 3.8) is 0 Å². The van der Waals surface area contributed by atoms with Crippen LogP contribution in [0.3, 0.4) is 0 Å². The van der Waals surface area contributed by atoms with Gasteiger partial charge in [0.25, 0.3) is 0 Å². The number of para-hydroxylation sites is 1. The summed E-state index contributed by atoms with van der Waals surface area (Å²) in [6.45, 7) is 0.172. The number of halogens is 1. The molecule has 0 saturated heterocycles. The highest BCUT2D eigenvalue weighted by atomic mass is 35.5. The first-order valence-electron chi connectivity index (χ1n) is 11.8. The number of aromatic nitrogens is 4. The Kier molecular flexibility index (Phi) is 4.36. The highest BCUT2D eigenvalue weighted by Crippen LogP contribution is 2.49. The van der Waals surface area contributed by atoms with Crippen molar-refractivity contribution in [3.8, 4) is 34.5 Å². The fourth-order valence-corrected chi connectivity index (χ4v) is 5.20. The van der Waals surface area contributed by atoms with E-state index in [1.807, 2.05) is 42.5 Å². The summed E-state index contributed by atoms with van der Waals surface area (Å²) in [6.07, 6.45) is 1.55. The lowest BCUT2D eigenvalue weighted by Gasteiger charge is -2.27. The van der Waals surface area contributed by atoms with E-state index in [0.29, 0.717) is 61.7 Å². The van der Waals surface area contributed by atoms with Crippen LogP contribution in [-0.2, 0) is 0 Å². The molecule has 0 N–H and O–H groups in total. The second kappa shape index (κ2) is 7.80. The summed E-state index contributed by atoms with van der Waals surface area (Å²) in [4.78, 5) is 22.9. The van der Waals surface area contributed by atoms with Crippen molar-refractivity contribution in [2.24, 2.45) is 0 Å². The van der Waals surface area contributed by atoms with Gasteiger partial charge in [0.1, 0.15) is 11.9 Å². The normalized spacial score (nSPS) is 15.3. The van der Waals surface area contributed by atoms with Crippen LogP contribution < -0.4 is 19.8 Å². The first kappa shape index (κ1) is 21.2. The van der Waals surface area contributed by atoms with Crippen LogP contribution in [0.4, 0.5) is 0 Å². The molecule has 3 aromatic carbocycles. The van der Waals surface area contributed by atoms with Crippen molar-refractivity contribution in [2.45, 2.75) is 5.92 Å². The van der Waals surface area contributed by atoms with Gasteiger partial charge in [0, 0.05) is 10.6 Å². The van der Waals surface area contributed by atoms with Crippen LogP contribution in [0, 0.1) is 0 Å². The van der Waals surface area contributed by atoms with Gasteiger partial charge in [-0.3, -0.25) is 0 Å². The molecule has 38 heavy (non-hydrogen) atoms. The molecule has 0 saturated carbocycles. The van der Waals surface area contributed by atoms with E-state index in [-0.39, 0.29) is 6.79 Å². The van der Waals surface area contributed by atoms with Crippen LogP contribution in [0.15, 0.2) is 82.3 Å². The van der Waals surface area contributed by atoms with E-state index in [1.165, 1.54) is 0 Å². The minimum atomic E-state index is -0.586. The van der Waals surface area contributed by atoms with E-state index in [2.05, 4.69) is 10.1 Å². The molecule has 0 amide bonds. The molecule has 2 aliphatic rings. The molecule has 0 spiro atoms. The van der Waals surface area contributed by atoms with Gasteiger partial charge < -0.3 is 18.6 Å². The van der Waals surface area contributed by atoms with Gasteiger partial charge in [-0.05, 0) is 48.0 Å². The third-order valence-corrected chi connectivity index (χ3v) is 7.05. The third kappa shape index (κ3) is 3.05. The number of benzene rings is 3. The SMILES string of the molecule is O=c1oc2ccccc2c2c1C(c1ccc(Cl)cc1)c1c(ncn3nc(-c4ccc5c(c4)OCO5)nc13)O2. The zero-order valence-corrected chi connectivity index (χ0v) is 20.2. The monoisotopic (exact) mass is 522 g/mol. The molecule has 1 atom stereocenters. The summed E-state index contributed by atoms with van der Waals surface area (Å²) in [5, 5.41) is 5.91. The molecule has 8 rings (SSSR count). The van der Waals surface area contributed by atoms with Crippen molar-refractivity contribution in [1.29, 1.82) is 0 Å². The standard InChI is InChI=1S/C28H15ClN4O5/c29-16-8-5-14(6-9-16)21-22-24(17-3-1-2-4-18(17)37-28(22)34)38-27-23(21)26-31-25(32-33(26)12-30-27)15-7-10-19-20(11-15)36-13-35-19/h1-12,21H,13H2. The molecular weight excluding hydrogens is 508 g/mol. The largest absolute Gasteiger partial charge is 0.454 e. The number of hydrogen-bond donors (Lipinski definition) is 0. The van der Waals surface area contributed by atoms with E-state index in [4.69, 9.17) is 35.2 Å². The molecular formula is C28H15ClN4O5. The van der Waals surface area contributed by atoms with Crippen molar-refractivity contribution in [1.82, 2.24) is 19.6 Å². The van der Waals surface area contributed by atoms with E-state index in [9.17, 15) is 4.79 Å². The smallest absolute Gasteiger partial charge is 0.344 e. The van der Waals surface area contributed by atoms with E-state index < -0.39 is 11.5 Å². The van der Waals surface area contributed by atoms with Crippen molar-refractivity contribution >= 4 is 28.2 Å². The number of ether oxygens (including phenoxy) is 3. The highest BCUT2D eigenvalue weighted by molar-refractivity contribution is 6.30. The molecule has 6 aromatic rings. The molecule has 0 radical (unpaired) electrons. The van der Waals surface area contributed by atoms with Crippen LogP contribution in [-0.4, -0.2) is 26.4 Å². The summed E-state index contributed by atoms with van der Waals surface area (Å²) in [5.74, 6) is 1.93. The van der Waals surface area contributed by atoms with Gasteiger partial charge in [-0.1, -0.05) is 35.9 Å². The lowest BCUT2D eigenvalue weighted by atomic mass is 9.84. The van der Waals surface area contributed by atoms with Gasteiger partial charge in [-0.25, -0.2) is 19.3 Å². The zero-order chi connectivity index (χ0) is 25.4. The Bertz CT molecular complexity index is 1980. The van der Waals surface area contributed by atoms with Gasteiger partial charge in [-0.2, -0.15) is 0 Å². The molecule has 184 valence electrons. The summed E-state index contributed by atoms with van der Waals surface area (Å²) in [5.41, 5.74) is 2.96. The summed E-state index contributed by atoms with van der Waals surface area (Å²) in [7, 11) is 0. The van der Waals surface area contributed by atoms with E-state index in [1.54, 1.807) is 35.1 Å². The lowest BCUT2D eigenvalue weighted by Crippen LogP contribution is -2.22. The average Bonchev–Trinajstić information content (AvgIpc) is 3.59. The summed E-state index contributed by atoms with van der Waals surface area (Å²) < 4.78 is 24.6. The molecule has 9 nitrogen and oxygen atoms in total. The third-order valence-electron chi connectivity index (χ3n) is 6.80. The minimum Gasteiger partial charge on any atom is -0.454 e. The molecule has 0 bridgehead atoms. The number of rotatable bonds is 2. The first-order valence-corrected chi connectivity index (χ1v) is 12.2. The van der Waals surface area contributed by atoms with Crippen molar-refractivity contribution in [2.75, 3.05) is 6.79 Å². The second-order valence-electron chi connectivity index (χ2n) is 8.95. The zero-order valence-electron chi connectivity index (χ0n) is 19.4. The minimum absolute atomic E-state index is 0.172. The molecule has 3 aromatic heterocycles. The number of nitrogens with zero attached hydrogens (tertiary/aromatic N) is 4. The molecule has 5 heterocycles. The topological polar surface area (TPSA) is 101 Å². The molecule has 0 aliphatic carbocycles. The van der Waals surface area contributed by atoms with Crippen LogP contribution in [0.2, 0.25) is 5.02 Å². The highest BCUT2D eigenvalue weighted by Gasteiger charge is 2.37. The van der Waals surface area contributed by atoms with E-state index >= 15 is 0 Å². The maximum atomic E-state index is 13.4. The quantitative estimate of drug-likeness (QED) is 0.272. The Labute approximate surface area is 218 Å². The van der Waals surface area contributed by atoms with Gasteiger partial charge in [0.2, 0.25) is 12.7 Å². The Morgan fingerprint density at radius 2 is 1.79 bits per heavy atom. The van der Waals surface area contributed by atoms with E-state index in [0.717, 1.165) is 11.1 Å². The van der Waals surface area contributed by atoms with Crippen LogP contribution >= 0.6 is 11.6 Å². The number of fused-ring (bicyclic) bond motifs is 7.